The van der Waals surface area contributed by atoms with Crippen LogP contribution in [0.25, 0.3) is 0 Å². The molecule has 1 aromatic carbocycles. The van der Waals surface area contributed by atoms with Gasteiger partial charge in [-0.3, -0.25) is 9.69 Å². The number of carbonyl (C=O) groups is 1. The molecule has 6 heteroatoms. The largest absolute Gasteiger partial charge is 0.387 e. The summed E-state index contributed by atoms with van der Waals surface area (Å²) in [5, 5.41) is 13.2. The van der Waals surface area contributed by atoms with Crippen LogP contribution in [0.3, 0.4) is 0 Å². The maximum Gasteiger partial charge on any atom is 0.227 e. The van der Waals surface area contributed by atoms with Gasteiger partial charge in [0.05, 0.1) is 24.7 Å². The van der Waals surface area contributed by atoms with Crippen LogP contribution in [0.2, 0.25) is 0 Å². The summed E-state index contributed by atoms with van der Waals surface area (Å²) in [7, 11) is 0. The maximum absolute atomic E-state index is 13.2. The number of hydrogen-bond donors (Lipinski definition) is 2. The molecule has 1 amide bonds. The van der Waals surface area contributed by atoms with Crippen LogP contribution in [0.1, 0.15) is 25.3 Å². The van der Waals surface area contributed by atoms with Gasteiger partial charge in [-0.05, 0) is 31.5 Å². The Bertz CT molecular complexity index is 530. The summed E-state index contributed by atoms with van der Waals surface area (Å²) in [6.45, 7) is 6.95. The zero-order valence-corrected chi connectivity index (χ0v) is 13.7. The van der Waals surface area contributed by atoms with Crippen LogP contribution in [0.15, 0.2) is 24.3 Å². The molecule has 2 N–H and O–H groups in total. The van der Waals surface area contributed by atoms with Gasteiger partial charge in [-0.1, -0.05) is 12.1 Å². The molecule has 23 heavy (non-hydrogen) atoms. The standard InChI is InChI=1S/C17H25FN2O3/c1-13(14-4-3-5-15(18)10-14)16(21)19-11-17(2,22)12-20-6-8-23-9-7-20/h3-5,10,13,22H,6-9,11-12H2,1-2H3,(H,19,21). The molecule has 1 aromatic rings. The van der Waals surface area contributed by atoms with Crippen molar-refractivity contribution in [2.45, 2.75) is 25.4 Å². The van der Waals surface area contributed by atoms with Crippen molar-refractivity contribution < 1.29 is 19.0 Å². The van der Waals surface area contributed by atoms with Crippen LogP contribution < -0.4 is 5.32 Å². The van der Waals surface area contributed by atoms with E-state index in [1.807, 2.05) is 0 Å². The van der Waals surface area contributed by atoms with Gasteiger partial charge in [-0.2, -0.15) is 0 Å². The molecule has 1 fully saturated rings. The van der Waals surface area contributed by atoms with Crippen LogP contribution >= 0.6 is 0 Å². The molecular formula is C17H25FN2O3. The highest BCUT2D eigenvalue weighted by atomic mass is 19.1. The van der Waals surface area contributed by atoms with E-state index in [2.05, 4.69) is 10.2 Å². The van der Waals surface area contributed by atoms with Crippen molar-refractivity contribution in [3.63, 3.8) is 0 Å². The minimum absolute atomic E-state index is 0.156. The van der Waals surface area contributed by atoms with E-state index in [4.69, 9.17) is 4.74 Å². The summed E-state index contributed by atoms with van der Waals surface area (Å²) in [6, 6.07) is 6.01. The number of ether oxygens (including phenoxy) is 1. The lowest BCUT2D eigenvalue weighted by Crippen LogP contribution is -2.51. The zero-order valence-electron chi connectivity index (χ0n) is 13.7. The first-order chi connectivity index (χ1) is 10.9. The fraction of sp³-hybridized carbons (Fsp3) is 0.588. The molecular weight excluding hydrogens is 299 g/mol. The highest BCUT2D eigenvalue weighted by molar-refractivity contribution is 5.83. The van der Waals surface area contributed by atoms with Gasteiger partial charge in [0, 0.05) is 26.2 Å². The van der Waals surface area contributed by atoms with Gasteiger partial charge >= 0.3 is 0 Å². The quantitative estimate of drug-likeness (QED) is 0.823. The van der Waals surface area contributed by atoms with Gasteiger partial charge in [0.25, 0.3) is 0 Å². The summed E-state index contributed by atoms with van der Waals surface area (Å²) < 4.78 is 18.5. The Morgan fingerprint density at radius 2 is 2.17 bits per heavy atom. The Morgan fingerprint density at radius 3 is 2.83 bits per heavy atom. The molecule has 1 saturated heterocycles. The second-order valence-corrected chi connectivity index (χ2v) is 6.38. The molecule has 0 aromatic heterocycles. The monoisotopic (exact) mass is 324 g/mol. The molecule has 5 nitrogen and oxygen atoms in total. The molecule has 1 aliphatic heterocycles. The average molecular weight is 324 g/mol. The molecule has 2 rings (SSSR count). The number of morpholine rings is 1. The van der Waals surface area contributed by atoms with Crippen molar-refractivity contribution in [3.05, 3.63) is 35.6 Å². The van der Waals surface area contributed by atoms with E-state index in [1.165, 1.54) is 12.1 Å². The number of nitrogens with zero attached hydrogens (tertiary/aromatic N) is 1. The number of halogens is 1. The number of nitrogens with one attached hydrogen (secondary N) is 1. The second-order valence-electron chi connectivity index (χ2n) is 6.38. The van der Waals surface area contributed by atoms with Crippen LogP contribution in [-0.2, 0) is 9.53 Å². The number of aliphatic hydroxyl groups is 1. The molecule has 0 radical (unpaired) electrons. The molecule has 1 aliphatic rings. The maximum atomic E-state index is 13.2. The van der Waals surface area contributed by atoms with E-state index in [9.17, 15) is 14.3 Å². The van der Waals surface area contributed by atoms with Crippen molar-refractivity contribution in [3.8, 4) is 0 Å². The third kappa shape index (κ3) is 5.57. The lowest BCUT2D eigenvalue weighted by atomic mass is 9.99. The molecule has 128 valence electrons. The predicted octanol–water partition coefficient (Wildman–Crippen LogP) is 1.13. The Kier molecular flexibility index (Phi) is 6.10. The number of hydrogen-bond acceptors (Lipinski definition) is 4. The zero-order chi connectivity index (χ0) is 16.9. The van der Waals surface area contributed by atoms with Gasteiger partial charge in [0.1, 0.15) is 5.82 Å². The Hall–Kier alpha value is -1.50. The fourth-order valence-electron chi connectivity index (χ4n) is 2.65. The van der Waals surface area contributed by atoms with E-state index in [0.717, 1.165) is 13.1 Å². The third-order valence-corrected chi connectivity index (χ3v) is 4.05. The van der Waals surface area contributed by atoms with Crippen molar-refractivity contribution in [2.75, 3.05) is 39.4 Å². The van der Waals surface area contributed by atoms with Crippen LogP contribution in [-0.4, -0.2) is 60.9 Å². The summed E-state index contributed by atoms with van der Waals surface area (Å²) in [5.74, 6) is -1.05. The first kappa shape index (κ1) is 17.8. The number of carbonyl (C=O) groups excluding carboxylic acids is 1. The van der Waals surface area contributed by atoms with E-state index in [1.54, 1.807) is 26.0 Å². The molecule has 0 bridgehead atoms. The van der Waals surface area contributed by atoms with Crippen molar-refractivity contribution in [1.29, 1.82) is 0 Å². The molecule has 2 unspecified atom stereocenters. The summed E-state index contributed by atoms with van der Waals surface area (Å²) in [5.41, 5.74) is -0.399. The lowest BCUT2D eigenvalue weighted by molar-refractivity contribution is -0.123. The Balaban J connectivity index is 1.84. The summed E-state index contributed by atoms with van der Waals surface area (Å²) >= 11 is 0. The van der Waals surface area contributed by atoms with Crippen LogP contribution in [0.5, 0.6) is 0 Å². The first-order valence-electron chi connectivity index (χ1n) is 7.93. The van der Waals surface area contributed by atoms with Crippen molar-refractivity contribution in [1.82, 2.24) is 10.2 Å². The third-order valence-electron chi connectivity index (χ3n) is 4.05. The predicted molar refractivity (Wildman–Crippen MR) is 85.7 cm³/mol. The number of benzene rings is 1. The van der Waals surface area contributed by atoms with Crippen molar-refractivity contribution in [2.24, 2.45) is 0 Å². The Labute approximate surface area is 136 Å². The highest BCUT2D eigenvalue weighted by Crippen LogP contribution is 2.16. The second kappa shape index (κ2) is 7.86. The topological polar surface area (TPSA) is 61.8 Å². The van der Waals surface area contributed by atoms with Gasteiger partial charge < -0.3 is 15.2 Å². The van der Waals surface area contributed by atoms with E-state index >= 15 is 0 Å². The number of rotatable bonds is 6. The summed E-state index contributed by atoms with van der Waals surface area (Å²) in [6.07, 6.45) is 0. The Morgan fingerprint density at radius 1 is 1.48 bits per heavy atom. The van der Waals surface area contributed by atoms with Crippen LogP contribution in [0, 0.1) is 5.82 Å². The molecule has 0 saturated carbocycles. The van der Waals surface area contributed by atoms with Gasteiger partial charge in [-0.25, -0.2) is 4.39 Å². The van der Waals surface area contributed by atoms with E-state index in [0.29, 0.717) is 25.3 Å². The first-order valence-corrected chi connectivity index (χ1v) is 7.93. The average Bonchev–Trinajstić information content (AvgIpc) is 2.52. The van der Waals surface area contributed by atoms with Gasteiger partial charge in [0.15, 0.2) is 0 Å². The lowest BCUT2D eigenvalue weighted by Gasteiger charge is -2.34. The van der Waals surface area contributed by atoms with Gasteiger partial charge in [0.2, 0.25) is 5.91 Å². The van der Waals surface area contributed by atoms with Gasteiger partial charge in [-0.15, -0.1) is 0 Å². The molecule has 0 spiro atoms. The SMILES string of the molecule is CC(C(=O)NCC(C)(O)CN1CCOCC1)c1cccc(F)c1. The normalized spacial score (nSPS) is 19.8. The molecule has 0 aliphatic carbocycles. The fourth-order valence-corrected chi connectivity index (χ4v) is 2.65. The minimum atomic E-state index is -1.02. The minimum Gasteiger partial charge on any atom is -0.387 e. The molecule has 1 heterocycles. The van der Waals surface area contributed by atoms with Crippen molar-refractivity contribution >= 4 is 5.91 Å². The highest BCUT2D eigenvalue weighted by Gasteiger charge is 2.27. The number of β-amino-alcohol motifs (C(OH)–C–C–N with tert-alkyl or cyclic N) is 1. The molecule has 2 atom stereocenters. The summed E-state index contributed by atoms with van der Waals surface area (Å²) in [4.78, 5) is 14.3. The smallest absolute Gasteiger partial charge is 0.227 e. The van der Waals surface area contributed by atoms with Crippen LogP contribution in [0.4, 0.5) is 4.39 Å². The van der Waals surface area contributed by atoms with E-state index < -0.39 is 11.5 Å². The van der Waals surface area contributed by atoms with E-state index in [-0.39, 0.29) is 18.3 Å². The number of amides is 1.